The number of esters is 1. The maximum absolute atomic E-state index is 13.3. The standard InChI is InChI=1S/C23H19N3O5/c1-13-20-17(12-19(25-22(20)31-26-13)14-7-5-4-6-8-14)21(27)24-18-10-9-15(29-2)11-16(18)23(28)30-3/h4-12H,1-3H3,(H,24,27). The summed E-state index contributed by atoms with van der Waals surface area (Å²) in [5, 5.41) is 7.25. The molecule has 0 aliphatic carbocycles. The number of fused-ring (bicyclic) bond motifs is 1. The molecule has 1 amide bonds. The fourth-order valence-corrected chi connectivity index (χ4v) is 3.26. The van der Waals surface area contributed by atoms with Crippen LogP contribution in [0.5, 0.6) is 5.75 Å². The SMILES string of the molecule is COC(=O)c1cc(OC)ccc1NC(=O)c1cc(-c2ccccc2)nc2onc(C)c12. The van der Waals surface area contributed by atoms with E-state index in [1.54, 1.807) is 25.1 Å². The number of carbonyl (C=O) groups is 2. The van der Waals surface area contributed by atoms with Crippen LogP contribution in [0.3, 0.4) is 0 Å². The third-order valence-electron chi connectivity index (χ3n) is 4.81. The van der Waals surface area contributed by atoms with Crippen molar-refractivity contribution in [1.82, 2.24) is 10.1 Å². The van der Waals surface area contributed by atoms with E-state index >= 15 is 0 Å². The van der Waals surface area contributed by atoms with Crippen molar-refractivity contribution >= 4 is 28.7 Å². The fourth-order valence-electron chi connectivity index (χ4n) is 3.26. The van der Waals surface area contributed by atoms with E-state index in [0.717, 1.165) is 5.56 Å². The number of anilines is 1. The molecular weight excluding hydrogens is 398 g/mol. The Labute approximate surface area is 177 Å². The number of ether oxygens (including phenoxy) is 2. The van der Waals surface area contributed by atoms with Crippen LogP contribution < -0.4 is 10.1 Å². The zero-order chi connectivity index (χ0) is 22.0. The van der Waals surface area contributed by atoms with Crippen molar-refractivity contribution in [3.8, 4) is 17.0 Å². The van der Waals surface area contributed by atoms with Gasteiger partial charge in [-0.1, -0.05) is 35.5 Å². The summed E-state index contributed by atoms with van der Waals surface area (Å²) in [5.74, 6) is -0.572. The molecule has 0 spiro atoms. The zero-order valence-electron chi connectivity index (χ0n) is 17.1. The van der Waals surface area contributed by atoms with E-state index < -0.39 is 11.9 Å². The number of rotatable bonds is 5. The van der Waals surface area contributed by atoms with Crippen molar-refractivity contribution in [3.05, 3.63) is 71.4 Å². The second-order valence-electron chi connectivity index (χ2n) is 6.73. The van der Waals surface area contributed by atoms with Gasteiger partial charge in [-0.2, -0.15) is 0 Å². The Morgan fingerprint density at radius 1 is 1.00 bits per heavy atom. The van der Waals surface area contributed by atoms with Gasteiger partial charge in [0.05, 0.1) is 47.8 Å². The number of aromatic nitrogens is 2. The van der Waals surface area contributed by atoms with E-state index in [4.69, 9.17) is 14.0 Å². The summed E-state index contributed by atoms with van der Waals surface area (Å²) in [6, 6.07) is 15.8. The summed E-state index contributed by atoms with van der Waals surface area (Å²) in [5.41, 5.74) is 2.98. The molecule has 2 aromatic carbocycles. The molecule has 0 saturated heterocycles. The highest BCUT2D eigenvalue weighted by Crippen LogP contribution is 2.29. The topological polar surface area (TPSA) is 104 Å². The second-order valence-corrected chi connectivity index (χ2v) is 6.73. The van der Waals surface area contributed by atoms with Crippen molar-refractivity contribution in [2.45, 2.75) is 6.92 Å². The van der Waals surface area contributed by atoms with Crippen molar-refractivity contribution < 1.29 is 23.6 Å². The summed E-state index contributed by atoms with van der Waals surface area (Å²) < 4.78 is 15.3. The van der Waals surface area contributed by atoms with Gasteiger partial charge in [-0.25, -0.2) is 9.78 Å². The molecule has 0 aliphatic heterocycles. The van der Waals surface area contributed by atoms with Crippen LogP contribution >= 0.6 is 0 Å². The lowest BCUT2D eigenvalue weighted by molar-refractivity contribution is 0.0601. The lowest BCUT2D eigenvalue weighted by Gasteiger charge is -2.12. The van der Waals surface area contributed by atoms with Gasteiger partial charge < -0.3 is 19.3 Å². The second kappa shape index (κ2) is 8.27. The van der Waals surface area contributed by atoms with E-state index in [1.807, 2.05) is 30.3 Å². The van der Waals surface area contributed by atoms with Gasteiger partial charge in [0.1, 0.15) is 5.75 Å². The highest BCUT2D eigenvalue weighted by atomic mass is 16.5. The Balaban J connectivity index is 1.80. The third-order valence-corrected chi connectivity index (χ3v) is 4.81. The first-order valence-electron chi connectivity index (χ1n) is 9.42. The molecule has 0 unspecified atom stereocenters. The zero-order valence-corrected chi connectivity index (χ0v) is 17.1. The molecule has 1 N–H and O–H groups in total. The quantitative estimate of drug-likeness (QED) is 0.484. The van der Waals surface area contributed by atoms with E-state index in [0.29, 0.717) is 28.1 Å². The van der Waals surface area contributed by atoms with Gasteiger partial charge >= 0.3 is 5.97 Å². The van der Waals surface area contributed by atoms with Crippen LogP contribution in [0.4, 0.5) is 5.69 Å². The van der Waals surface area contributed by atoms with E-state index in [2.05, 4.69) is 15.5 Å². The Hall–Kier alpha value is -4.20. The molecule has 4 aromatic rings. The van der Waals surface area contributed by atoms with E-state index in [-0.39, 0.29) is 17.0 Å². The molecule has 31 heavy (non-hydrogen) atoms. The van der Waals surface area contributed by atoms with Gasteiger partial charge in [-0.3, -0.25) is 4.79 Å². The monoisotopic (exact) mass is 417 g/mol. The number of hydrogen-bond donors (Lipinski definition) is 1. The number of benzene rings is 2. The third kappa shape index (κ3) is 3.83. The maximum atomic E-state index is 13.3. The molecule has 8 nitrogen and oxygen atoms in total. The van der Waals surface area contributed by atoms with Crippen molar-refractivity contribution in [3.63, 3.8) is 0 Å². The highest BCUT2D eigenvalue weighted by molar-refractivity contribution is 6.14. The van der Waals surface area contributed by atoms with Crippen LogP contribution in [0.25, 0.3) is 22.4 Å². The number of pyridine rings is 1. The summed E-state index contributed by atoms with van der Waals surface area (Å²) in [7, 11) is 2.76. The first-order valence-corrected chi connectivity index (χ1v) is 9.42. The summed E-state index contributed by atoms with van der Waals surface area (Å²) >= 11 is 0. The first-order chi connectivity index (χ1) is 15.0. The Kier molecular flexibility index (Phi) is 5.36. The number of carbonyl (C=O) groups excluding carboxylic acids is 2. The van der Waals surface area contributed by atoms with Gasteiger partial charge in [-0.15, -0.1) is 0 Å². The number of aryl methyl sites for hydroxylation is 1. The number of hydrogen-bond acceptors (Lipinski definition) is 7. The predicted molar refractivity (Wildman–Crippen MR) is 114 cm³/mol. The lowest BCUT2D eigenvalue weighted by atomic mass is 10.0. The van der Waals surface area contributed by atoms with Crippen LogP contribution in [0, 0.1) is 6.92 Å². The summed E-state index contributed by atoms with van der Waals surface area (Å²) in [6.07, 6.45) is 0. The number of amides is 1. The van der Waals surface area contributed by atoms with Crippen LogP contribution in [0.2, 0.25) is 0 Å². The fraction of sp³-hybridized carbons (Fsp3) is 0.130. The van der Waals surface area contributed by atoms with Gasteiger partial charge in [0.2, 0.25) is 0 Å². The normalized spacial score (nSPS) is 10.7. The molecule has 0 atom stereocenters. The van der Waals surface area contributed by atoms with Gasteiger partial charge in [0, 0.05) is 5.56 Å². The predicted octanol–water partition coefficient (Wildman–Crippen LogP) is 4.25. The molecule has 8 heteroatoms. The van der Waals surface area contributed by atoms with Crippen molar-refractivity contribution in [1.29, 1.82) is 0 Å². The molecule has 2 aromatic heterocycles. The molecule has 0 saturated carbocycles. The van der Waals surface area contributed by atoms with Gasteiger partial charge in [0.25, 0.3) is 11.6 Å². The minimum absolute atomic E-state index is 0.172. The average molecular weight is 417 g/mol. The molecule has 0 fully saturated rings. The van der Waals surface area contributed by atoms with E-state index in [9.17, 15) is 9.59 Å². The molecule has 0 aliphatic rings. The number of methoxy groups -OCH3 is 2. The lowest BCUT2D eigenvalue weighted by Crippen LogP contribution is -2.16. The molecule has 156 valence electrons. The minimum Gasteiger partial charge on any atom is -0.497 e. The van der Waals surface area contributed by atoms with Crippen LogP contribution in [-0.2, 0) is 4.74 Å². The minimum atomic E-state index is -0.597. The van der Waals surface area contributed by atoms with Gasteiger partial charge in [0.15, 0.2) is 0 Å². The largest absolute Gasteiger partial charge is 0.497 e. The highest BCUT2D eigenvalue weighted by Gasteiger charge is 2.22. The number of nitrogens with zero attached hydrogens (tertiary/aromatic N) is 2. The Morgan fingerprint density at radius 3 is 2.48 bits per heavy atom. The Bertz CT molecular complexity index is 1280. The summed E-state index contributed by atoms with van der Waals surface area (Å²) in [4.78, 5) is 30.0. The van der Waals surface area contributed by atoms with Crippen LogP contribution in [0.1, 0.15) is 26.4 Å². The molecule has 4 rings (SSSR count). The first kappa shape index (κ1) is 20.1. The van der Waals surface area contributed by atoms with Crippen molar-refractivity contribution in [2.24, 2.45) is 0 Å². The van der Waals surface area contributed by atoms with Crippen molar-refractivity contribution in [2.75, 3.05) is 19.5 Å². The summed E-state index contributed by atoms with van der Waals surface area (Å²) in [6.45, 7) is 1.74. The maximum Gasteiger partial charge on any atom is 0.340 e. The molecule has 0 radical (unpaired) electrons. The molecule has 2 heterocycles. The van der Waals surface area contributed by atoms with E-state index in [1.165, 1.54) is 20.3 Å². The van der Waals surface area contributed by atoms with Gasteiger partial charge in [-0.05, 0) is 31.2 Å². The molecular formula is C23H19N3O5. The average Bonchev–Trinajstić information content (AvgIpc) is 3.19. The smallest absolute Gasteiger partial charge is 0.340 e. The Morgan fingerprint density at radius 2 is 1.77 bits per heavy atom. The van der Waals surface area contributed by atoms with Crippen LogP contribution in [-0.4, -0.2) is 36.2 Å². The molecule has 0 bridgehead atoms. The number of nitrogens with one attached hydrogen (secondary N) is 1. The van der Waals surface area contributed by atoms with Crippen LogP contribution in [0.15, 0.2) is 59.1 Å².